The van der Waals surface area contributed by atoms with Crippen molar-refractivity contribution in [2.45, 2.75) is 32.9 Å². The second kappa shape index (κ2) is 8.81. The number of amides is 1. The third-order valence-corrected chi connectivity index (χ3v) is 5.95. The molecule has 31 heavy (non-hydrogen) atoms. The molecule has 0 fully saturated rings. The van der Waals surface area contributed by atoms with Gasteiger partial charge in [0.15, 0.2) is 11.0 Å². The third kappa shape index (κ3) is 4.41. The second-order valence-electron chi connectivity index (χ2n) is 7.48. The zero-order valence-corrected chi connectivity index (χ0v) is 18.8. The molecular formula is C24H24N4O2S. The highest BCUT2D eigenvalue weighted by atomic mass is 32.2. The van der Waals surface area contributed by atoms with E-state index in [4.69, 9.17) is 4.42 Å². The highest BCUT2D eigenvalue weighted by Crippen LogP contribution is 2.30. The summed E-state index contributed by atoms with van der Waals surface area (Å²) in [7, 11) is 0. The number of hydrogen-bond donors (Lipinski definition) is 1. The quantitative estimate of drug-likeness (QED) is 0.408. The minimum absolute atomic E-state index is 0.0799. The Morgan fingerprint density at radius 2 is 1.74 bits per heavy atom. The first-order valence-electron chi connectivity index (χ1n) is 10.00. The molecule has 2 aromatic heterocycles. The van der Waals surface area contributed by atoms with Crippen LogP contribution in [0.15, 0.2) is 64.4 Å². The van der Waals surface area contributed by atoms with Crippen molar-refractivity contribution in [2.75, 3.05) is 11.1 Å². The van der Waals surface area contributed by atoms with Crippen LogP contribution in [0.25, 0.3) is 17.1 Å². The zero-order valence-electron chi connectivity index (χ0n) is 18.0. The molecule has 4 rings (SSSR count). The summed E-state index contributed by atoms with van der Waals surface area (Å²) in [4.78, 5) is 12.7. The predicted octanol–water partition coefficient (Wildman–Crippen LogP) is 5.49. The van der Waals surface area contributed by atoms with E-state index in [2.05, 4.69) is 34.6 Å². The Hall–Kier alpha value is -3.32. The minimum atomic E-state index is -0.0799. The first kappa shape index (κ1) is 20.9. The molecule has 0 atom stereocenters. The van der Waals surface area contributed by atoms with E-state index in [1.807, 2.05) is 61.7 Å². The van der Waals surface area contributed by atoms with Crippen molar-refractivity contribution in [3.05, 3.63) is 77.2 Å². The molecule has 158 valence electrons. The number of anilines is 1. The number of para-hydroxylation sites is 1. The lowest BCUT2D eigenvalue weighted by Gasteiger charge is -2.13. The third-order valence-electron chi connectivity index (χ3n) is 5.02. The first-order valence-corrected chi connectivity index (χ1v) is 11.0. The maximum Gasteiger partial charge on any atom is 0.234 e. The molecule has 0 spiro atoms. The summed E-state index contributed by atoms with van der Waals surface area (Å²) in [5.74, 6) is 1.60. The Morgan fingerprint density at radius 1 is 1.03 bits per heavy atom. The summed E-state index contributed by atoms with van der Waals surface area (Å²) in [5.41, 5.74) is 5.97. The van der Waals surface area contributed by atoms with Crippen LogP contribution in [-0.2, 0) is 4.79 Å². The molecule has 0 bridgehead atoms. The Labute approximate surface area is 185 Å². The van der Waals surface area contributed by atoms with Crippen molar-refractivity contribution in [3.8, 4) is 17.1 Å². The Bertz CT molecular complexity index is 1200. The lowest BCUT2D eigenvalue weighted by molar-refractivity contribution is -0.113. The number of thioether (sulfide) groups is 1. The molecular weight excluding hydrogens is 408 g/mol. The number of rotatable bonds is 6. The fourth-order valence-corrected chi connectivity index (χ4v) is 4.40. The predicted molar refractivity (Wildman–Crippen MR) is 124 cm³/mol. The number of nitrogens with one attached hydrogen (secondary N) is 1. The van der Waals surface area contributed by atoms with Gasteiger partial charge in [-0.25, -0.2) is 0 Å². The van der Waals surface area contributed by atoms with Gasteiger partial charge in [0.1, 0.15) is 5.76 Å². The Balaban J connectivity index is 1.59. The summed E-state index contributed by atoms with van der Waals surface area (Å²) in [6, 6.07) is 15.9. The van der Waals surface area contributed by atoms with E-state index in [1.165, 1.54) is 17.3 Å². The van der Waals surface area contributed by atoms with E-state index < -0.39 is 0 Å². The van der Waals surface area contributed by atoms with E-state index in [9.17, 15) is 4.79 Å². The lowest BCUT2D eigenvalue weighted by Crippen LogP contribution is -2.16. The van der Waals surface area contributed by atoms with Crippen LogP contribution in [0.5, 0.6) is 0 Å². The van der Waals surface area contributed by atoms with Crippen molar-refractivity contribution in [2.24, 2.45) is 0 Å². The zero-order chi connectivity index (χ0) is 22.0. The number of benzene rings is 2. The maximum atomic E-state index is 12.7. The van der Waals surface area contributed by atoms with E-state index in [-0.39, 0.29) is 11.7 Å². The van der Waals surface area contributed by atoms with Gasteiger partial charge in [0.25, 0.3) is 0 Å². The normalized spacial score (nSPS) is 11.0. The molecule has 0 saturated carbocycles. The summed E-state index contributed by atoms with van der Waals surface area (Å²) < 4.78 is 7.42. The van der Waals surface area contributed by atoms with Gasteiger partial charge in [-0.05, 0) is 57.0 Å². The highest BCUT2D eigenvalue weighted by Gasteiger charge is 2.20. The van der Waals surface area contributed by atoms with E-state index >= 15 is 0 Å². The molecule has 6 nitrogen and oxygen atoms in total. The molecule has 2 heterocycles. The van der Waals surface area contributed by atoms with Crippen LogP contribution >= 0.6 is 11.8 Å². The van der Waals surface area contributed by atoms with Gasteiger partial charge in [-0.1, -0.05) is 47.7 Å². The fourth-order valence-electron chi connectivity index (χ4n) is 3.65. The molecule has 0 aliphatic carbocycles. The SMILES string of the molecule is Cc1cc(C)c(NC(=O)CSc2nnc(-c3ccoc3C)n2-c2ccccc2)c(C)c1. The molecule has 2 aromatic carbocycles. The van der Waals surface area contributed by atoms with E-state index in [0.717, 1.165) is 33.8 Å². The minimum Gasteiger partial charge on any atom is -0.469 e. The van der Waals surface area contributed by atoms with Crippen LogP contribution in [0.3, 0.4) is 0 Å². The number of aromatic nitrogens is 3. The van der Waals surface area contributed by atoms with Gasteiger partial charge in [0.05, 0.1) is 17.6 Å². The van der Waals surface area contributed by atoms with Crippen LogP contribution in [0.4, 0.5) is 5.69 Å². The molecule has 1 amide bonds. The molecule has 0 saturated heterocycles. The largest absolute Gasteiger partial charge is 0.469 e. The molecule has 0 radical (unpaired) electrons. The topological polar surface area (TPSA) is 73.0 Å². The van der Waals surface area contributed by atoms with Gasteiger partial charge >= 0.3 is 0 Å². The second-order valence-corrected chi connectivity index (χ2v) is 8.42. The van der Waals surface area contributed by atoms with Crippen LogP contribution in [0, 0.1) is 27.7 Å². The Morgan fingerprint density at radius 3 is 2.39 bits per heavy atom. The van der Waals surface area contributed by atoms with Crippen molar-refractivity contribution in [1.82, 2.24) is 14.8 Å². The highest BCUT2D eigenvalue weighted by molar-refractivity contribution is 7.99. The van der Waals surface area contributed by atoms with Gasteiger partial charge in [0, 0.05) is 11.4 Å². The molecule has 0 aliphatic rings. The molecule has 1 N–H and O–H groups in total. The van der Waals surface area contributed by atoms with Crippen LogP contribution < -0.4 is 5.32 Å². The van der Waals surface area contributed by atoms with Crippen LogP contribution in [0.1, 0.15) is 22.5 Å². The molecule has 0 aliphatic heterocycles. The number of carbonyl (C=O) groups is 1. The average molecular weight is 433 g/mol. The lowest BCUT2D eigenvalue weighted by atomic mass is 10.1. The fraction of sp³-hybridized carbons (Fsp3) is 0.208. The molecule has 0 unspecified atom stereocenters. The van der Waals surface area contributed by atoms with Gasteiger partial charge in [-0.15, -0.1) is 10.2 Å². The number of carbonyl (C=O) groups excluding carboxylic acids is 1. The van der Waals surface area contributed by atoms with Crippen molar-refractivity contribution in [3.63, 3.8) is 0 Å². The van der Waals surface area contributed by atoms with Crippen molar-refractivity contribution < 1.29 is 9.21 Å². The molecule has 4 aromatic rings. The van der Waals surface area contributed by atoms with Gasteiger partial charge in [0.2, 0.25) is 5.91 Å². The van der Waals surface area contributed by atoms with Gasteiger partial charge in [-0.3, -0.25) is 9.36 Å². The summed E-state index contributed by atoms with van der Waals surface area (Å²) in [5, 5.41) is 12.5. The smallest absolute Gasteiger partial charge is 0.234 e. The number of furan rings is 1. The number of nitrogens with zero attached hydrogens (tertiary/aromatic N) is 3. The van der Waals surface area contributed by atoms with Crippen LogP contribution in [-0.4, -0.2) is 26.4 Å². The standard InChI is InChI=1S/C24H24N4O2S/c1-15-12-16(2)22(17(3)13-15)25-21(29)14-31-24-27-26-23(20-10-11-30-18(20)4)28(24)19-8-6-5-7-9-19/h5-13H,14H2,1-4H3,(H,25,29). The number of hydrogen-bond acceptors (Lipinski definition) is 5. The number of aryl methyl sites for hydroxylation is 4. The van der Waals surface area contributed by atoms with E-state index in [1.54, 1.807) is 6.26 Å². The maximum absolute atomic E-state index is 12.7. The summed E-state index contributed by atoms with van der Waals surface area (Å²) in [6.45, 7) is 7.96. The summed E-state index contributed by atoms with van der Waals surface area (Å²) >= 11 is 1.35. The van der Waals surface area contributed by atoms with Gasteiger partial charge in [-0.2, -0.15) is 0 Å². The molecule has 7 heteroatoms. The Kier molecular flexibility index (Phi) is 5.95. The van der Waals surface area contributed by atoms with Gasteiger partial charge < -0.3 is 9.73 Å². The summed E-state index contributed by atoms with van der Waals surface area (Å²) in [6.07, 6.45) is 1.64. The van der Waals surface area contributed by atoms with Crippen molar-refractivity contribution in [1.29, 1.82) is 0 Å². The van der Waals surface area contributed by atoms with Crippen LogP contribution in [0.2, 0.25) is 0 Å². The van der Waals surface area contributed by atoms with E-state index in [0.29, 0.717) is 11.0 Å². The monoisotopic (exact) mass is 432 g/mol. The van der Waals surface area contributed by atoms with Crippen molar-refractivity contribution >= 4 is 23.4 Å². The average Bonchev–Trinajstić information content (AvgIpc) is 3.35. The first-order chi connectivity index (χ1) is 14.9.